The molecule has 0 N–H and O–H groups in total. The number of carbonyl (C=O) groups excluding carboxylic acids is 2. The first-order chi connectivity index (χ1) is 15.6. The molecule has 0 spiro atoms. The summed E-state index contributed by atoms with van der Waals surface area (Å²) in [6.07, 6.45) is 0.336. The second-order valence-corrected chi connectivity index (χ2v) is 7.21. The normalized spacial score (nSPS) is 15.2. The molecule has 3 aromatic carbocycles. The van der Waals surface area contributed by atoms with Crippen molar-refractivity contribution in [3.63, 3.8) is 0 Å². The zero-order valence-electron chi connectivity index (χ0n) is 17.4. The van der Waals surface area contributed by atoms with Crippen LogP contribution in [0.5, 0.6) is 5.75 Å². The quantitative estimate of drug-likeness (QED) is 0.404. The zero-order chi connectivity index (χ0) is 22.5. The number of ketones is 1. The van der Waals surface area contributed by atoms with Crippen molar-refractivity contribution >= 4 is 23.2 Å². The number of halogens is 1. The van der Waals surface area contributed by atoms with E-state index in [9.17, 15) is 14.0 Å². The summed E-state index contributed by atoms with van der Waals surface area (Å²) in [5, 5.41) is 6.28. The number of esters is 1. The predicted molar refractivity (Wildman–Crippen MR) is 118 cm³/mol. The van der Waals surface area contributed by atoms with Gasteiger partial charge in [-0.05, 0) is 35.9 Å². The zero-order valence-corrected chi connectivity index (χ0v) is 17.4. The lowest BCUT2D eigenvalue weighted by molar-refractivity contribution is -0.134. The number of hydrogen-bond acceptors (Lipinski definition) is 6. The van der Waals surface area contributed by atoms with E-state index in [1.807, 2.05) is 60.7 Å². The van der Waals surface area contributed by atoms with Crippen molar-refractivity contribution in [2.75, 3.05) is 18.7 Å². The Morgan fingerprint density at radius 1 is 1.03 bits per heavy atom. The molecule has 0 fully saturated rings. The Bertz CT molecular complexity index is 1150. The molecule has 0 saturated heterocycles. The molecule has 0 bridgehead atoms. The summed E-state index contributed by atoms with van der Waals surface area (Å²) in [4.78, 5) is 25.0. The SMILES string of the molecule is COc1ccc(C(=O)COC(=O)C2=NN(c3ccccc3)C(c3ccccc3)C2)cc1F. The van der Waals surface area contributed by atoms with Gasteiger partial charge in [-0.3, -0.25) is 9.80 Å². The van der Waals surface area contributed by atoms with Gasteiger partial charge in [-0.1, -0.05) is 48.5 Å². The average molecular weight is 432 g/mol. The smallest absolute Gasteiger partial charge is 0.355 e. The number of ether oxygens (including phenoxy) is 2. The first-order valence-corrected chi connectivity index (χ1v) is 10.1. The van der Waals surface area contributed by atoms with Gasteiger partial charge in [0.15, 0.2) is 24.0 Å². The van der Waals surface area contributed by atoms with Crippen LogP contribution in [0.25, 0.3) is 0 Å². The summed E-state index contributed by atoms with van der Waals surface area (Å²) in [6.45, 7) is -0.509. The van der Waals surface area contributed by atoms with Gasteiger partial charge in [0, 0.05) is 12.0 Å². The Hall–Kier alpha value is -4.00. The number of methoxy groups -OCH3 is 1. The molecule has 1 aliphatic rings. The number of benzene rings is 3. The van der Waals surface area contributed by atoms with E-state index in [4.69, 9.17) is 9.47 Å². The molecule has 7 heteroatoms. The van der Waals surface area contributed by atoms with E-state index in [0.29, 0.717) is 6.42 Å². The van der Waals surface area contributed by atoms with Gasteiger partial charge >= 0.3 is 5.97 Å². The van der Waals surface area contributed by atoms with Crippen LogP contribution in [-0.4, -0.2) is 31.2 Å². The Morgan fingerprint density at radius 2 is 1.72 bits per heavy atom. The molecule has 1 heterocycles. The molecule has 4 rings (SSSR count). The third-order valence-electron chi connectivity index (χ3n) is 5.16. The van der Waals surface area contributed by atoms with Crippen LogP contribution in [0.1, 0.15) is 28.4 Å². The number of para-hydroxylation sites is 1. The Morgan fingerprint density at radius 3 is 2.38 bits per heavy atom. The molecule has 1 atom stereocenters. The fourth-order valence-electron chi connectivity index (χ4n) is 3.52. The molecule has 162 valence electrons. The third-order valence-corrected chi connectivity index (χ3v) is 5.16. The van der Waals surface area contributed by atoms with Crippen molar-refractivity contribution in [3.8, 4) is 5.75 Å². The molecule has 1 unspecified atom stereocenters. The number of anilines is 1. The highest BCUT2D eigenvalue weighted by molar-refractivity contribution is 6.37. The lowest BCUT2D eigenvalue weighted by Crippen LogP contribution is -2.21. The van der Waals surface area contributed by atoms with Crippen molar-refractivity contribution in [2.24, 2.45) is 5.10 Å². The van der Waals surface area contributed by atoms with E-state index >= 15 is 0 Å². The van der Waals surface area contributed by atoms with Gasteiger partial charge in [0.2, 0.25) is 0 Å². The molecule has 3 aromatic rings. The summed E-state index contributed by atoms with van der Waals surface area (Å²) in [6, 6.07) is 22.9. The lowest BCUT2D eigenvalue weighted by atomic mass is 10.0. The number of carbonyl (C=O) groups is 2. The summed E-state index contributed by atoms with van der Waals surface area (Å²) in [7, 11) is 1.34. The Kier molecular flexibility index (Phi) is 6.26. The van der Waals surface area contributed by atoms with Crippen molar-refractivity contribution in [1.82, 2.24) is 0 Å². The van der Waals surface area contributed by atoms with Crippen LogP contribution >= 0.6 is 0 Å². The first-order valence-electron chi connectivity index (χ1n) is 10.1. The average Bonchev–Trinajstić information content (AvgIpc) is 3.29. The largest absolute Gasteiger partial charge is 0.494 e. The minimum absolute atomic E-state index is 0.0341. The Labute approximate surface area is 184 Å². The van der Waals surface area contributed by atoms with Gasteiger partial charge in [0.05, 0.1) is 18.8 Å². The summed E-state index contributed by atoms with van der Waals surface area (Å²) < 4.78 is 23.9. The topological polar surface area (TPSA) is 68.2 Å². The number of nitrogens with zero attached hydrogens (tertiary/aromatic N) is 2. The van der Waals surface area contributed by atoms with Crippen molar-refractivity contribution in [3.05, 3.63) is 95.8 Å². The van der Waals surface area contributed by atoms with E-state index in [-0.39, 0.29) is 23.1 Å². The molecule has 1 aliphatic heterocycles. The van der Waals surface area contributed by atoms with Crippen molar-refractivity contribution in [1.29, 1.82) is 0 Å². The summed E-state index contributed by atoms with van der Waals surface area (Å²) in [5.41, 5.74) is 2.16. The van der Waals surface area contributed by atoms with Crippen LogP contribution in [-0.2, 0) is 9.53 Å². The highest BCUT2D eigenvalue weighted by Crippen LogP contribution is 2.35. The molecule has 0 aromatic heterocycles. The molecule has 6 nitrogen and oxygen atoms in total. The number of hydrazone groups is 1. The van der Waals surface area contributed by atoms with Gasteiger partial charge < -0.3 is 9.47 Å². The van der Waals surface area contributed by atoms with Gasteiger partial charge in [-0.25, -0.2) is 9.18 Å². The molecular formula is C25H21FN2O4. The van der Waals surface area contributed by atoms with Crippen LogP contribution in [0.2, 0.25) is 0 Å². The van der Waals surface area contributed by atoms with Crippen LogP contribution in [0, 0.1) is 5.82 Å². The molecule has 0 saturated carbocycles. The number of Topliss-reactive ketones (excluding diaryl/α,β-unsaturated/α-hetero) is 1. The van der Waals surface area contributed by atoms with Gasteiger partial charge in [0.1, 0.15) is 5.71 Å². The van der Waals surface area contributed by atoms with Crippen LogP contribution in [0.4, 0.5) is 10.1 Å². The number of rotatable bonds is 7. The highest BCUT2D eigenvalue weighted by Gasteiger charge is 2.33. The lowest BCUT2D eigenvalue weighted by Gasteiger charge is -2.23. The van der Waals surface area contributed by atoms with Gasteiger partial charge in [-0.15, -0.1) is 0 Å². The van der Waals surface area contributed by atoms with E-state index in [0.717, 1.165) is 17.3 Å². The van der Waals surface area contributed by atoms with Crippen LogP contribution < -0.4 is 9.75 Å². The third kappa shape index (κ3) is 4.51. The maximum absolute atomic E-state index is 13.9. The minimum Gasteiger partial charge on any atom is -0.494 e. The number of hydrogen-bond donors (Lipinski definition) is 0. The van der Waals surface area contributed by atoms with E-state index < -0.39 is 24.2 Å². The molecule has 0 amide bonds. The minimum atomic E-state index is -0.674. The standard InChI is InChI=1S/C25H21FN2O4/c1-31-24-13-12-18(14-20(24)26)23(29)16-32-25(30)21-15-22(17-8-4-2-5-9-17)28(27-21)19-10-6-3-7-11-19/h2-14,22H,15-16H2,1H3. The van der Waals surface area contributed by atoms with Crippen LogP contribution in [0.3, 0.4) is 0 Å². The van der Waals surface area contributed by atoms with Crippen LogP contribution in [0.15, 0.2) is 84.0 Å². The van der Waals surface area contributed by atoms with E-state index in [2.05, 4.69) is 5.10 Å². The molecular weight excluding hydrogens is 411 g/mol. The van der Waals surface area contributed by atoms with E-state index in [1.54, 1.807) is 5.01 Å². The molecule has 32 heavy (non-hydrogen) atoms. The first kappa shape index (κ1) is 21.2. The van der Waals surface area contributed by atoms with Gasteiger partial charge in [0.25, 0.3) is 0 Å². The second-order valence-electron chi connectivity index (χ2n) is 7.21. The second kappa shape index (κ2) is 9.43. The maximum Gasteiger partial charge on any atom is 0.355 e. The molecule has 0 radical (unpaired) electrons. The fourth-order valence-corrected chi connectivity index (χ4v) is 3.52. The maximum atomic E-state index is 13.9. The monoisotopic (exact) mass is 432 g/mol. The Balaban J connectivity index is 1.48. The summed E-state index contributed by atoms with van der Waals surface area (Å²) in [5.74, 6) is -1.81. The summed E-state index contributed by atoms with van der Waals surface area (Å²) >= 11 is 0. The van der Waals surface area contributed by atoms with Crippen molar-refractivity contribution < 1.29 is 23.5 Å². The predicted octanol–water partition coefficient (Wildman–Crippen LogP) is 4.57. The van der Waals surface area contributed by atoms with E-state index in [1.165, 1.54) is 19.2 Å². The molecule has 0 aliphatic carbocycles. The van der Waals surface area contributed by atoms with Gasteiger partial charge in [-0.2, -0.15) is 5.10 Å². The fraction of sp³-hybridized carbons (Fsp3) is 0.160. The van der Waals surface area contributed by atoms with Crippen molar-refractivity contribution in [2.45, 2.75) is 12.5 Å². The highest BCUT2D eigenvalue weighted by atomic mass is 19.1.